The van der Waals surface area contributed by atoms with Gasteiger partial charge in [0, 0.05) is 13.1 Å². The van der Waals surface area contributed by atoms with E-state index in [0.717, 1.165) is 30.1 Å². The summed E-state index contributed by atoms with van der Waals surface area (Å²) in [4.78, 5) is 15.3. The van der Waals surface area contributed by atoms with Gasteiger partial charge < -0.3 is 18.8 Å². The van der Waals surface area contributed by atoms with Crippen molar-refractivity contribution >= 4 is 16.7 Å². The predicted octanol–water partition coefficient (Wildman–Crippen LogP) is 4.08. The van der Waals surface area contributed by atoms with E-state index >= 15 is 0 Å². The Bertz CT molecular complexity index is 988. The van der Waals surface area contributed by atoms with E-state index in [9.17, 15) is 4.79 Å². The molecule has 27 heavy (non-hydrogen) atoms. The van der Waals surface area contributed by atoms with E-state index in [1.54, 1.807) is 12.3 Å². The first-order valence-corrected chi connectivity index (χ1v) is 9.28. The summed E-state index contributed by atoms with van der Waals surface area (Å²) >= 11 is 0. The van der Waals surface area contributed by atoms with Crippen LogP contribution in [-0.2, 0) is 4.74 Å². The zero-order valence-electron chi connectivity index (χ0n) is 15.6. The van der Waals surface area contributed by atoms with Gasteiger partial charge in [0.2, 0.25) is 5.43 Å². The highest BCUT2D eigenvalue weighted by atomic mass is 16.5. The summed E-state index contributed by atoms with van der Waals surface area (Å²) in [6.07, 6.45) is 1.58. The van der Waals surface area contributed by atoms with Gasteiger partial charge in [0.25, 0.3) is 0 Å². The summed E-state index contributed by atoms with van der Waals surface area (Å²) in [5, 5.41) is 0.564. The summed E-state index contributed by atoms with van der Waals surface area (Å²) in [5.41, 5.74) is 2.78. The first-order valence-electron chi connectivity index (χ1n) is 9.28. The second kappa shape index (κ2) is 7.45. The van der Waals surface area contributed by atoms with Crippen LogP contribution >= 0.6 is 0 Å². The van der Waals surface area contributed by atoms with Crippen LogP contribution in [0.2, 0.25) is 0 Å². The molecule has 0 N–H and O–H groups in total. The summed E-state index contributed by atoms with van der Waals surface area (Å²) < 4.78 is 17.5. The lowest BCUT2D eigenvalue weighted by Crippen LogP contribution is -2.36. The molecule has 2 heterocycles. The highest BCUT2D eigenvalue weighted by Gasteiger charge is 2.23. The van der Waals surface area contributed by atoms with Gasteiger partial charge >= 0.3 is 0 Å². The summed E-state index contributed by atoms with van der Waals surface area (Å²) in [5.74, 6) is 0.731. The molecule has 1 saturated heterocycles. The van der Waals surface area contributed by atoms with E-state index in [-0.39, 0.29) is 11.5 Å². The third kappa shape index (κ3) is 3.43. The molecule has 0 unspecified atom stereocenters. The second-order valence-electron chi connectivity index (χ2n) is 6.90. The molecule has 4 rings (SSSR count). The topological polar surface area (TPSA) is 51.9 Å². The lowest BCUT2D eigenvalue weighted by atomic mass is 10.0. The van der Waals surface area contributed by atoms with Crippen molar-refractivity contribution in [2.45, 2.75) is 20.0 Å². The Morgan fingerprint density at radius 3 is 2.48 bits per heavy atom. The van der Waals surface area contributed by atoms with Gasteiger partial charge in [0.05, 0.1) is 30.3 Å². The lowest BCUT2D eigenvalue weighted by molar-refractivity contribution is 0.122. The Balaban J connectivity index is 1.91. The fourth-order valence-electron chi connectivity index (χ4n) is 3.42. The second-order valence-corrected chi connectivity index (χ2v) is 6.90. The number of ether oxygens (including phenoxy) is 2. The number of rotatable bonds is 4. The molecule has 1 aliphatic heterocycles. The van der Waals surface area contributed by atoms with Gasteiger partial charge in [-0.05, 0) is 31.5 Å². The Kier molecular flexibility index (Phi) is 4.86. The first-order chi connectivity index (χ1) is 13.1. The molecule has 0 amide bonds. The monoisotopic (exact) mass is 365 g/mol. The minimum Gasteiger partial charge on any atom is -0.489 e. The van der Waals surface area contributed by atoms with Crippen LogP contribution in [0.5, 0.6) is 5.75 Å². The van der Waals surface area contributed by atoms with Crippen LogP contribution in [-0.4, -0.2) is 32.4 Å². The number of fused-ring (bicyclic) bond motifs is 1. The van der Waals surface area contributed by atoms with E-state index in [2.05, 4.69) is 4.90 Å². The standard InChI is InChI=1S/C22H23NO4/c1-15(2)27-19-9-8-17-21(24)18(16-6-4-3-5-7-16)14-26-22(17)20(19)23-10-12-25-13-11-23/h3-9,14-15H,10-13H2,1-2H3. The van der Waals surface area contributed by atoms with Gasteiger partial charge in [-0.1, -0.05) is 30.3 Å². The SMILES string of the molecule is CC(C)Oc1ccc2c(=O)c(-c3ccccc3)coc2c1N1CCOCC1. The van der Waals surface area contributed by atoms with Crippen molar-refractivity contribution in [3.05, 3.63) is 59.0 Å². The largest absolute Gasteiger partial charge is 0.489 e. The Morgan fingerprint density at radius 1 is 1.04 bits per heavy atom. The van der Waals surface area contributed by atoms with Gasteiger partial charge in [0.1, 0.15) is 17.7 Å². The molecule has 0 saturated carbocycles. The van der Waals surface area contributed by atoms with Crippen molar-refractivity contribution < 1.29 is 13.9 Å². The average Bonchev–Trinajstić information content (AvgIpc) is 2.69. The predicted molar refractivity (Wildman–Crippen MR) is 107 cm³/mol. The molecule has 1 aliphatic rings. The molecular weight excluding hydrogens is 342 g/mol. The van der Waals surface area contributed by atoms with Crippen LogP contribution in [0.1, 0.15) is 13.8 Å². The van der Waals surface area contributed by atoms with Gasteiger partial charge in [-0.25, -0.2) is 0 Å². The first kappa shape index (κ1) is 17.6. The van der Waals surface area contributed by atoms with E-state index in [1.165, 1.54) is 0 Å². The molecular formula is C22H23NO4. The highest BCUT2D eigenvalue weighted by molar-refractivity contribution is 5.94. The highest BCUT2D eigenvalue weighted by Crippen LogP contribution is 2.37. The Morgan fingerprint density at radius 2 is 1.78 bits per heavy atom. The van der Waals surface area contributed by atoms with Crippen LogP contribution in [0.25, 0.3) is 22.1 Å². The fourth-order valence-corrected chi connectivity index (χ4v) is 3.42. The molecule has 140 valence electrons. The number of morpholine rings is 1. The van der Waals surface area contributed by atoms with Gasteiger partial charge in [0.15, 0.2) is 5.58 Å². The van der Waals surface area contributed by atoms with Crippen LogP contribution in [0.15, 0.2) is 57.9 Å². The maximum Gasteiger partial charge on any atom is 0.200 e. The third-order valence-electron chi connectivity index (χ3n) is 4.65. The summed E-state index contributed by atoms with van der Waals surface area (Å²) in [6.45, 7) is 6.73. The lowest BCUT2D eigenvalue weighted by Gasteiger charge is -2.31. The maximum atomic E-state index is 13.2. The van der Waals surface area contributed by atoms with Crippen molar-refractivity contribution in [1.29, 1.82) is 0 Å². The van der Waals surface area contributed by atoms with Crippen LogP contribution in [0, 0.1) is 0 Å². The van der Waals surface area contributed by atoms with Crippen LogP contribution < -0.4 is 15.1 Å². The van der Waals surface area contributed by atoms with Gasteiger partial charge in [-0.3, -0.25) is 4.79 Å². The number of nitrogens with zero attached hydrogens (tertiary/aromatic N) is 1. The maximum absolute atomic E-state index is 13.2. The smallest absolute Gasteiger partial charge is 0.200 e. The molecule has 1 aromatic heterocycles. The molecule has 2 aromatic carbocycles. The Labute approximate surface area is 158 Å². The Hall–Kier alpha value is -2.79. The van der Waals surface area contributed by atoms with Gasteiger partial charge in [-0.2, -0.15) is 0 Å². The van der Waals surface area contributed by atoms with E-state index in [4.69, 9.17) is 13.9 Å². The number of hydrogen-bond acceptors (Lipinski definition) is 5. The molecule has 3 aromatic rings. The quantitative estimate of drug-likeness (QED) is 0.697. The number of hydrogen-bond donors (Lipinski definition) is 0. The zero-order chi connectivity index (χ0) is 18.8. The molecule has 0 spiro atoms. The zero-order valence-corrected chi connectivity index (χ0v) is 15.6. The summed E-state index contributed by atoms with van der Waals surface area (Å²) in [7, 11) is 0. The van der Waals surface area contributed by atoms with Crippen molar-refractivity contribution in [2.75, 3.05) is 31.2 Å². The number of anilines is 1. The van der Waals surface area contributed by atoms with Crippen molar-refractivity contribution in [2.24, 2.45) is 0 Å². The van der Waals surface area contributed by atoms with Crippen LogP contribution in [0.4, 0.5) is 5.69 Å². The van der Waals surface area contributed by atoms with Crippen molar-refractivity contribution in [1.82, 2.24) is 0 Å². The summed E-state index contributed by atoms with van der Waals surface area (Å²) in [6, 6.07) is 13.3. The average molecular weight is 365 g/mol. The van der Waals surface area contributed by atoms with Crippen molar-refractivity contribution in [3.63, 3.8) is 0 Å². The molecule has 1 fully saturated rings. The third-order valence-corrected chi connectivity index (χ3v) is 4.65. The molecule has 0 radical (unpaired) electrons. The van der Waals surface area contributed by atoms with E-state index in [0.29, 0.717) is 29.7 Å². The van der Waals surface area contributed by atoms with Crippen molar-refractivity contribution in [3.8, 4) is 16.9 Å². The van der Waals surface area contributed by atoms with Crippen LogP contribution in [0.3, 0.4) is 0 Å². The molecule has 0 atom stereocenters. The minimum absolute atomic E-state index is 0.0255. The normalized spacial score (nSPS) is 14.7. The number of benzene rings is 2. The molecule has 0 bridgehead atoms. The molecule has 5 nitrogen and oxygen atoms in total. The fraction of sp³-hybridized carbons (Fsp3) is 0.318. The minimum atomic E-state index is -0.0342. The molecule has 0 aliphatic carbocycles. The molecule has 5 heteroatoms. The van der Waals surface area contributed by atoms with E-state index < -0.39 is 0 Å². The van der Waals surface area contributed by atoms with Gasteiger partial charge in [-0.15, -0.1) is 0 Å². The van der Waals surface area contributed by atoms with E-state index in [1.807, 2.05) is 50.2 Å².